The van der Waals surface area contributed by atoms with Crippen LogP contribution in [0.2, 0.25) is 0 Å². The molecule has 0 aliphatic carbocycles. The van der Waals surface area contributed by atoms with Crippen LogP contribution in [-0.2, 0) is 25.5 Å². The number of rotatable bonds is 5. The molecule has 1 N–H and O–H groups in total. The van der Waals surface area contributed by atoms with E-state index in [-0.39, 0.29) is 18.5 Å². The molecule has 150 valence electrons. The summed E-state index contributed by atoms with van der Waals surface area (Å²) in [6.45, 7) is 4.54. The van der Waals surface area contributed by atoms with Crippen LogP contribution in [0.3, 0.4) is 0 Å². The molecule has 1 saturated heterocycles. The molecule has 1 aromatic rings. The van der Waals surface area contributed by atoms with E-state index in [2.05, 4.69) is 30.9 Å². The lowest BCUT2D eigenvalue weighted by Gasteiger charge is -2.21. The minimum absolute atomic E-state index is 0.128. The van der Waals surface area contributed by atoms with Gasteiger partial charge in [-0.05, 0) is 38.5 Å². The minimum atomic E-state index is -0.840. The zero-order valence-corrected chi connectivity index (χ0v) is 15.9. The van der Waals surface area contributed by atoms with E-state index in [9.17, 15) is 14.0 Å². The third-order valence-corrected chi connectivity index (χ3v) is 4.45. The highest BCUT2D eigenvalue weighted by Gasteiger charge is 2.37. The lowest BCUT2D eigenvalue weighted by Crippen LogP contribution is -2.32. The van der Waals surface area contributed by atoms with Crippen LogP contribution < -0.4 is 5.32 Å². The summed E-state index contributed by atoms with van der Waals surface area (Å²) < 4.78 is 23.2. The van der Waals surface area contributed by atoms with Crippen LogP contribution in [0.4, 0.5) is 15.9 Å². The summed E-state index contributed by atoms with van der Waals surface area (Å²) in [6, 6.07) is 0. The van der Waals surface area contributed by atoms with Gasteiger partial charge in [0.2, 0.25) is 6.41 Å². The molecule has 28 heavy (non-hydrogen) atoms. The zero-order chi connectivity index (χ0) is 20.6. The number of fused-ring (bicyclic) bond motifs is 1. The van der Waals surface area contributed by atoms with Crippen LogP contribution in [0.25, 0.3) is 0 Å². The summed E-state index contributed by atoms with van der Waals surface area (Å²) >= 11 is 0. The molecule has 3 unspecified atom stereocenters. The third kappa shape index (κ3) is 5.57. The quantitative estimate of drug-likeness (QED) is 0.470. The van der Waals surface area contributed by atoms with Gasteiger partial charge < -0.3 is 14.8 Å². The Hall–Kier alpha value is -2.86. The monoisotopic (exact) mass is 390 g/mol. The van der Waals surface area contributed by atoms with Crippen LogP contribution in [0.5, 0.6) is 0 Å². The molecule has 2 aliphatic heterocycles. The van der Waals surface area contributed by atoms with Gasteiger partial charge in [0.25, 0.3) is 6.47 Å². The number of terminal acetylenes is 1. The Bertz CT molecular complexity index is 780. The SMILES string of the molecule is C#CC1(COC=O)CCC(C)O1.CC1C=Nc2c(nc(F)nc2NC=O)CC1. The van der Waals surface area contributed by atoms with Gasteiger partial charge in [0.15, 0.2) is 11.4 Å². The maximum Gasteiger partial charge on any atom is 0.310 e. The number of amides is 1. The molecular formula is C19H23FN4O4. The summed E-state index contributed by atoms with van der Waals surface area (Å²) in [5.74, 6) is 2.97. The number of hydrogen-bond donors (Lipinski definition) is 1. The van der Waals surface area contributed by atoms with Crippen molar-refractivity contribution in [3.63, 3.8) is 0 Å². The van der Waals surface area contributed by atoms with Crippen molar-refractivity contribution in [3.05, 3.63) is 11.8 Å². The second-order valence-electron chi connectivity index (χ2n) is 6.71. The molecule has 1 amide bonds. The fraction of sp³-hybridized carbons (Fsp3) is 0.526. The molecule has 1 aromatic heterocycles. The Morgan fingerprint density at radius 3 is 2.82 bits per heavy atom. The molecule has 9 heteroatoms. The number of carbonyl (C=O) groups is 2. The van der Waals surface area contributed by atoms with Crippen molar-refractivity contribution in [2.24, 2.45) is 10.9 Å². The zero-order valence-electron chi connectivity index (χ0n) is 15.9. The first kappa shape index (κ1) is 21.4. The number of halogens is 1. The number of nitrogens with one attached hydrogen (secondary N) is 1. The number of ether oxygens (including phenoxy) is 2. The van der Waals surface area contributed by atoms with Crippen molar-refractivity contribution >= 4 is 30.6 Å². The molecule has 0 spiro atoms. The minimum Gasteiger partial charge on any atom is -0.464 e. The van der Waals surface area contributed by atoms with Crippen molar-refractivity contribution in [1.29, 1.82) is 0 Å². The number of nitrogens with zero attached hydrogens (tertiary/aromatic N) is 3. The van der Waals surface area contributed by atoms with E-state index in [0.29, 0.717) is 36.6 Å². The van der Waals surface area contributed by atoms with Gasteiger partial charge in [0.05, 0.1) is 11.8 Å². The highest BCUT2D eigenvalue weighted by molar-refractivity contribution is 5.80. The molecule has 3 heterocycles. The Kier molecular flexibility index (Phi) is 7.58. The van der Waals surface area contributed by atoms with E-state index in [0.717, 1.165) is 19.3 Å². The smallest absolute Gasteiger partial charge is 0.310 e. The predicted molar refractivity (Wildman–Crippen MR) is 101 cm³/mol. The van der Waals surface area contributed by atoms with Gasteiger partial charge in [-0.15, -0.1) is 6.42 Å². The van der Waals surface area contributed by atoms with E-state index < -0.39 is 11.7 Å². The molecule has 0 aromatic carbocycles. The lowest BCUT2D eigenvalue weighted by molar-refractivity contribution is -0.135. The summed E-state index contributed by atoms with van der Waals surface area (Å²) in [7, 11) is 0. The fourth-order valence-electron chi connectivity index (χ4n) is 2.94. The van der Waals surface area contributed by atoms with Gasteiger partial charge in [-0.25, -0.2) is 4.98 Å². The fourth-order valence-corrected chi connectivity index (χ4v) is 2.94. The van der Waals surface area contributed by atoms with Crippen LogP contribution in [0, 0.1) is 24.3 Å². The second kappa shape index (κ2) is 9.90. The maximum atomic E-state index is 13.1. The summed E-state index contributed by atoms with van der Waals surface area (Å²) in [5.41, 5.74) is 0.329. The van der Waals surface area contributed by atoms with Gasteiger partial charge in [-0.1, -0.05) is 12.8 Å². The molecule has 2 aliphatic rings. The standard InChI is InChI=1S/C10H11FN4O.C9H12O3/c1-6-2-3-7-8(12-4-6)9(13-5-16)15-10(11)14-7;1-3-9(6-11-7-10)5-4-8(2)12-9/h4-6H,2-3H2,1H3,(H,13,14,15,16);1,7-8H,4-6H2,2H3. The van der Waals surface area contributed by atoms with Gasteiger partial charge in [-0.2, -0.15) is 9.37 Å². The summed E-state index contributed by atoms with van der Waals surface area (Å²) in [5, 5.41) is 2.33. The van der Waals surface area contributed by atoms with E-state index in [1.807, 2.05) is 13.8 Å². The van der Waals surface area contributed by atoms with Crippen LogP contribution in [0.1, 0.15) is 38.8 Å². The second-order valence-corrected chi connectivity index (χ2v) is 6.71. The highest BCUT2D eigenvalue weighted by atomic mass is 19.1. The van der Waals surface area contributed by atoms with Crippen molar-refractivity contribution < 1.29 is 23.5 Å². The number of aliphatic imine (C=N–C) groups is 1. The van der Waals surface area contributed by atoms with Crippen molar-refractivity contribution in [2.45, 2.75) is 51.2 Å². The Morgan fingerprint density at radius 2 is 2.21 bits per heavy atom. The van der Waals surface area contributed by atoms with Gasteiger partial charge in [0.1, 0.15) is 12.3 Å². The number of aryl methyl sites for hydroxylation is 1. The summed E-state index contributed by atoms with van der Waals surface area (Å²) in [6.07, 6.45) is 10.0. The summed E-state index contributed by atoms with van der Waals surface area (Å²) in [4.78, 5) is 31.7. The number of anilines is 1. The van der Waals surface area contributed by atoms with Crippen LogP contribution >= 0.6 is 0 Å². The van der Waals surface area contributed by atoms with E-state index in [4.69, 9.17) is 11.2 Å². The first-order valence-corrected chi connectivity index (χ1v) is 8.94. The molecule has 3 rings (SSSR count). The van der Waals surface area contributed by atoms with Crippen molar-refractivity contribution in [2.75, 3.05) is 11.9 Å². The molecule has 8 nitrogen and oxygen atoms in total. The maximum absolute atomic E-state index is 13.1. The molecule has 0 bridgehead atoms. The van der Waals surface area contributed by atoms with Gasteiger partial charge in [0, 0.05) is 6.21 Å². The highest BCUT2D eigenvalue weighted by Crippen LogP contribution is 2.30. The molecular weight excluding hydrogens is 367 g/mol. The number of aromatic nitrogens is 2. The lowest BCUT2D eigenvalue weighted by atomic mass is 10.0. The van der Waals surface area contributed by atoms with Gasteiger partial charge >= 0.3 is 6.08 Å². The van der Waals surface area contributed by atoms with E-state index in [1.54, 1.807) is 6.21 Å². The predicted octanol–water partition coefficient (Wildman–Crippen LogP) is 2.20. The Labute approximate surface area is 162 Å². The van der Waals surface area contributed by atoms with Crippen molar-refractivity contribution in [1.82, 2.24) is 9.97 Å². The average molecular weight is 390 g/mol. The molecule has 0 radical (unpaired) electrons. The average Bonchev–Trinajstić information content (AvgIpc) is 2.95. The topological polar surface area (TPSA) is 103 Å². The van der Waals surface area contributed by atoms with Crippen molar-refractivity contribution in [3.8, 4) is 12.3 Å². The first-order valence-electron chi connectivity index (χ1n) is 8.94. The number of hydrogen-bond acceptors (Lipinski definition) is 7. The Balaban J connectivity index is 0.000000209. The van der Waals surface area contributed by atoms with E-state index in [1.165, 1.54) is 0 Å². The first-order chi connectivity index (χ1) is 13.4. The largest absolute Gasteiger partial charge is 0.464 e. The molecule has 3 atom stereocenters. The third-order valence-electron chi connectivity index (χ3n) is 4.45. The Morgan fingerprint density at radius 1 is 1.43 bits per heavy atom. The van der Waals surface area contributed by atoms with Crippen LogP contribution in [0.15, 0.2) is 4.99 Å². The molecule has 1 fully saturated rings. The normalized spacial score (nSPS) is 25.4. The van der Waals surface area contributed by atoms with Crippen LogP contribution in [-0.4, -0.2) is 47.4 Å². The number of carbonyl (C=O) groups excluding carboxylic acids is 2. The molecule has 0 saturated carbocycles. The van der Waals surface area contributed by atoms with E-state index >= 15 is 0 Å². The van der Waals surface area contributed by atoms with Gasteiger partial charge in [-0.3, -0.25) is 14.6 Å².